The van der Waals surface area contributed by atoms with Gasteiger partial charge in [-0.3, -0.25) is 4.79 Å². The number of carbonyl (C=O) groups excluding carboxylic acids is 1. The topological polar surface area (TPSA) is 64.8 Å². The first-order chi connectivity index (χ1) is 10.7. The Morgan fingerprint density at radius 1 is 1.23 bits per heavy atom. The molecule has 1 aromatic carbocycles. The zero-order chi connectivity index (χ0) is 15.5. The molecule has 0 bridgehead atoms. The monoisotopic (exact) mass is 299 g/mol. The molecule has 1 aliphatic rings. The number of fused-ring (bicyclic) bond motifs is 1. The van der Waals surface area contributed by atoms with Gasteiger partial charge in [-0.2, -0.15) is 5.10 Å². The second-order valence-corrected chi connectivity index (χ2v) is 4.91. The van der Waals surface area contributed by atoms with Crippen molar-refractivity contribution in [3.05, 3.63) is 47.8 Å². The highest BCUT2D eigenvalue weighted by Crippen LogP contribution is 2.27. The van der Waals surface area contributed by atoms with Crippen molar-refractivity contribution in [1.82, 2.24) is 9.99 Å². The van der Waals surface area contributed by atoms with Gasteiger partial charge in [0.25, 0.3) is 5.91 Å². The smallest absolute Gasteiger partial charge is 0.271 e. The molecule has 2 heterocycles. The van der Waals surface area contributed by atoms with Crippen molar-refractivity contribution in [3.63, 3.8) is 0 Å². The number of amides is 1. The van der Waals surface area contributed by atoms with Crippen LogP contribution in [0.4, 0.5) is 0 Å². The van der Waals surface area contributed by atoms with Gasteiger partial charge in [-0.05, 0) is 30.3 Å². The van der Waals surface area contributed by atoms with Gasteiger partial charge in [0.2, 0.25) is 0 Å². The Balaban J connectivity index is 1.76. The van der Waals surface area contributed by atoms with Crippen molar-refractivity contribution in [3.8, 4) is 11.5 Å². The Bertz CT molecular complexity index is 734. The third kappa shape index (κ3) is 2.55. The predicted octanol–water partition coefficient (Wildman–Crippen LogP) is 2.04. The molecule has 0 aliphatic carbocycles. The van der Waals surface area contributed by atoms with Crippen molar-refractivity contribution in [2.45, 2.75) is 13.0 Å². The third-order valence-corrected chi connectivity index (χ3v) is 3.65. The van der Waals surface area contributed by atoms with Crippen molar-refractivity contribution < 1.29 is 14.3 Å². The van der Waals surface area contributed by atoms with E-state index in [0.717, 1.165) is 24.4 Å². The van der Waals surface area contributed by atoms with E-state index in [2.05, 4.69) is 15.1 Å². The fourth-order valence-electron chi connectivity index (χ4n) is 2.50. The minimum atomic E-state index is -0.279. The number of hydrazone groups is 1. The lowest BCUT2D eigenvalue weighted by Gasteiger charge is -2.08. The van der Waals surface area contributed by atoms with Gasteiger partial charge in [0.15, 0.2) is 11.5 Å². The second kappa shape index (κ2) is 5.93. The van der Waals surface area contributed by atoms with E-state index >= 15 is 0 Å². The predicted molar refractivity (Wildman–Crippen MR) is 82.6 cm³/mol. The zero-order valence-electron chi connectivity index (χ0n) is 12.5. The fourth-order valence-corrected chi connectivity index (χ4v) is 2.50. The van der Waals surface area contributed by atoms with E-state index in [-0.39, 0.29) is 5.91 Å². The van der Waals surface area contributed by atoms with Gasteiger partial charge in [-0.1, -0.05) is 0 Å². The SMILES string of the molecule is COc1ccc(C(=O)NN=C2CCn3cccc32)cc1OC. The van der Waals surface area contributed by atoms with Crippen molar-refractivity contribution in [1.29, 1.82) is 0 Å². The molecule has 114 valence electrons. The molecular formula is C16H17N3O3. The van der Waals surface area contributed by atoms with Crippen molar-refractivity contribution >= 4 is 11.6 Å². The number of hydrogen-bond acceptors (Lipinski definition) is 4. The minimum Gasteiger partial charge on any atom is -0.493 e. The molecule has 0 unspecified atom stereocenters. The lowest BCUT2D eigenvalue weighted by Crippen LogP contribution is -2.19. The molecule has 0 spiro atoms. The largest absolute Gasteiger partial charge is 0.493 e. The molecule has 0 saturated carbocycles. The van der Waals surface area contributed by atoms with Crippen LogP contribution in [0.3, 0.4) is 0 Å². The number of hydrogen-bond donors (Lipinski definition) is 1. The zero-order valence-corrected chi connectivity index (χ0v) is 12.5. The number of nitrogens with zero attached hydrogens (tertiary/aromatic N) is 2. The molecule has 0 fully saturated rings. The number of benzene rings is 1. The van der Waals surface area contributed by atoms with Gasteiger partial charge in [0, 0.05) is 24.7 Å². The molecule has 0 atom stereocenters. The molecule has 3 rings (SSSR count). The fraction of sp³-hybridized carbons (Fsp3) is 0.250. The van der Waals surface area contributed by atoms with E-state index in [1.807, 2.05) is 18.3 Å². The van der Waals surface area contributed by atoms with Crippen molar-refractivity contribution in [2.75, 3.05) is 14.2 Å². The molecular weight excluding hydrogens is 282 g/mol. The molecule has 0 radical (unpaired) electrons. The molecule has 1 aromatic heterocycles. The molecule has 1 amide bonds. The molecule has 2 aromatic rings. The molecule has 22 heavy (non-hydrogen) atoms. The molecule has 6 nitrogen and oxygen atoms in total. The number of methoxy groups -OCH3 is 2. The van der Waals surface area contributed by atoms with Crippen LogP contribution in [0.15, 0.2) is 41.6 Å². The van der Waals surface area contributed by atoms with Gasteiger partial charge in [0.1, 0.15) is 0 Å². The van der Waals surface area contributed by atoms with Crippen LogP contribution in [0.5, 0.6) is 11.5 Å². The second-order valence-electron chi connectivity index (χ2n) is 4.91. The van der Waals surface area contributed by atoms with Crippen LogP contribution < -0.4 is 14.9 Å². The van der Waals surface area contributed by atoms with Crippen molar-refractivity contribution in [2.24, 2.45) is 5.10 Å². The lowest BCUT2D eigenvalue weighted by molar-refractivity contribution is 0.0954. The maximum absolute atomic E-state index is 12.2. The lowest BCUT2D eigenvalue weighted by atomic mass is 10.2. The van der Waals surface area contributed by atoms with E-state index < -0.39 is 0 Å². The van der Waals surface area contributed by atoms with E-state index in [4.69, 9.17) is 9.47 Å². The number of ether oxygens (including phenoxy) is 2. The van der Waals surface area contributed by atoms with E-state index in [9.17, 15) is 4.79 Å². The Morgan fingerprint density at radius 2 is 2.05 bits per heavy atom. The normalized spacial score (nSPS) is 14.7. The highest BCUT2D eigenvalue weighted by molar-refractivity contribution is 6.02. The first-order valence-electron chi connectivity index (χ1n) is 6.97. The van der Waals surface area contributed by atoms with Gasteiger partial charge in [0.05, 0.1) is 25.6 Å². The summed E-state index contributed by atoms with van der Waals surface area (Å²) in [6, 6.07) is 8.97. The van der Waals surface area contributed by atoms with Crippen LogP contribution in [0.25, 0.3) is 0 Å². The standard InChI is InChI=1S/C16H17N3O3/c1-21-14-6-5-11(10-15(14)22-2)16(20)18-17-12-7-9-19-8-3-4-13(12)19/h3-6,8,10H,7,9H2,1-2H3,(H,18,20). The Hall–Kier alpha value is -2.76. The van der Waals surface area contributed by atoms with Crippen LogP contribution in [-0.4, -0.2) is 30.4 Å². The molecule has 1 N–H and O–H groups in total. The summed E-state index contributed by atoms with van der Waals surface area (Å²) < 4.78 is 12.5. The van der Waals surface area contributed by atoms with Crippen LogP contribution in [0, 0.1) is 0 Å². The average Bonchev–Trinajstić information content (AvgIpc) is 3.15. The highest BCUT2D eigenvalue weighted by atomic mass is 16.5. The van der Waals surface area contributed by atoms with Crippen LogP contribution >= 0.6 is 0 Å². The summed E-state index contributed by atoms with van der Waals surface area (Å²) in [6.07, 6.45) is 2.83. The van der Waals surface area contributed by atoms with Crippen LogP contribution in [0.1, 0.15) is 22.5 Å². The van der Waals surface area contributed by atoms with Gasteiger partial charge in [-0.15, -0.1) is 0 Å². The summed E-state index contributed by atoms with van der Waals surface area (Å²) in [7, 11) is 3.09. The minimum absolute atomic E-state index is 0.279. The average molecular weight is 299 g/mol. The van der Waals surface area contributed by atoms with Crippen LogP contribution in [-0.2, 0) is 6.54 Å². The van der Waals surface area contributed by atoms with Gasteiger partial charge < -0.3 is 14.0 Å². The van der Waals surface area contributed by atoms with E-state index in [1.54, 1.807) is 25.3 Å². The summed E-state index contributed by atoms with van der Waals surface area (Å²) in [4.78, 5) is 12.2. The number of aromatic nitrogens is 1. The summed E-state index contributed by atoms with van der Waals surface area (Å²) >= 11 is 0. The van der Waals surface area contributed by atoms with Crippen LogP contribution in [0.2, 0.25) is 0 Å². The number of rotatable bonds is 4. The highest BCUT2D eigenvalue weighted by Gasteiger charge is 2.17. The third-order valence-electron chi connectivity index (χ3n) is 3.65. The molecule has 0 saturated heterocycles. The quantitative estimate of drug-likeness (QED) is 0.879. The number of aryl methyl sites for hydroxylation is 1. The first kappa shape index (κ1) is 14.2. The maximum atomic E-state index is 12.2. The summed E-state index contributed by atoms with van der Waals surface area (Å²) in [5.74, 6) is 0.815. The van der Waals surface area contributed by atoms with Gasteiger partial charge in [-0.25, -0.2) is 5.43 Å². The first-order valence-corrected chi connectivity index (χ1v) is 6.97. The molecule has 1 aliphatic heterocycles. The summed E-state index contributed by atoms with van der Waals surface area (Å²) in [5, 5.41) is 4.24. The molecule has 6 heteroatoms. The Labute approximate surface area is 128 Å². The van der Waals surface area contributed by atoms with E-state index in [1.165, 1.54) is 7.11 Å². The van der Waals surface area contributed by atoms with E-state index in [0.29, 0.717) is 17.1 Å². The number of nitrogens with one attached hydrogen (secondary N) is 1. The number of carbonyl (C=O) groups is 1. The summed E-state index contributed by atoms with van der Waals surface area (Å²) in [6.45, 7) is 0.896. The Kier molecular flexibility index (Phi) is 3.82. The van der Waals surface area contributed by atoms with Gasteiger partial charge >= 0.3 is 0 Å². The maximum Gasteiger partial charge on any atom is 0.271 e. The summed E-state index contributed by atoms with van der Waals surface area (Å²) in [5.41, 5.74) is 5.00. The Morgan fingerprint density at radius 3 is 2.82 bits per heavy atom.